The molecule has 1 aromatic carbocycles. The second kappa shape index (κ2) is 8.40. The van der Waals surface area contributed by atoms with Crippen LogP contribution >= 0.6 is 47.0 Å². The molecule has 0 bridgehead atoms. The topological polar surface area (TPSA) is 109 Å². The van der Waals surface area contributed by atoms with Crippen molar-refractivity contribution >= 4 is 58.9 Å². The minimum absolute atomic E-state index is 0.0714. The van der Waals surface area contributed by atoms with Gasteiger partial charge in [0.2, 0.25) is 0 Å². The van der Waals surface area contributed by atoms with Gasteiger partial charge in [0.25, 0.3) is 17.5 Å². The standard InChI is InChI=1S/C18H14N4O4S4/c1-20-8(16(26)22(4)5)18-29-13-9(23)11-12(10(24)14(13)30-18)28-17(27-11)7(6-19)15(25)21(2)3/h23-24H,2-5H3. The molecule has 2 N–H and O–H groups in total. The Kier molecular flexibility index (Phi) is 6.24. The fraction of sp³-hybridized carbons (Fsp3) is 0.222. The van der Waals surface area contributed by atoms with E-state index in [0.29, 0.717) is 28.1 Å². The van der Waals surface area contributed by atoms with Crippen LogP contribution in [-0.4, -0.2) is 60.0 Å². The van der Waals surface area contributed by atoms with E-state index in [1.54, 1.807) is 0 Å². The van der Waals surface area contributed by atoms with Gasteiger partial charge in [0.15, 0.2) is 0 Å². The molecule has 8 nitrogen and oxygen atoms in total. The van der Waals surface area contributed by atoms with Crippen molar-refractivity contribution in [2.24, 2.45) is 0 Å². The van der Waals surface area contributed by atoms with Crippen LogP contribution < -0.4 is 0 Å². The number of nitriles is 1. The number of hydrogen-bond acceptors (Lipinski definition) is 9. The van der Waals surface area contributed by atoms with Gasteiger partial charge in [-0.25, -0.2) is 4.85 Å². The maximum atomic E-state index is 12.3. The molecule has 12 heteroatoms. The minimum Gasteiger partial charge on any atom is -0.505 e. The maximum absolute atomic E-state index is 12.3. The van der Waals surface area contributed by atoms with Crippen LogP contribution in [-0.2, 0) is 9.59 Å². The first-order valence-electron chi connectivity index (χ1n) is 8.15. The highest BCUT2D eigenvalue weighted by molar-refractivity contribution is 8.26. The highest BCUT2D eigenvalue weighted by Crippen LogP contribution is 2.67. The quantitative estimate of drug-likeness (QED) is 0.286. The predicted molar refractivity (Wildman–Crippen MR) is 117 cm³/mol. The van der Waals surface area contributed by atoms with Gasteiger partial charge in [0.1, 0.15) is 23.1 Å². The zero-order valence-corrected chi connectivity index (χ0v) is 19.4. The van der Waals surface area contributed by atoms with E-state index < -0.39 is 11.8 Å². The lowest BCUT2D eigenvalue weighted by Crippen LogP contribution is -2.23. The number of phenols is 2. The summed E-state index contributed by atoms with van der Waals surface area (Å²) in [6.07, 6.45) is 0. The third-order valence-electron chi connectivity index (χ3n) is 3.90. The number of rotatable bonds is 2. The molecule has 0 saturated heterocycles. The first-order chi connectivity index (χ1) is 14.1. The molecule has 0 atom stereocenters. The minimum atomic E-state index is -0.468. The van der Waals surface area contributed by atoms with Crippen LogP contribution in [0.3, 0.4) is 0 Å². The summed E-state index contributed by atoms with van der Waals surface area (Å²) in [4.78, 5) is 31.8. The van der Waals surface area contributed by atoms with Gasteiger partial charge in [-0.05, 0) is 0 Å². The monoisotopic (exact) mass is 478 g/mol. The fourth-order valence-corrected chi connectivity index (χ4v) is 7.61. The number of phenolic OH excluding ortho intramolecular Hbond substituents is 2. The Labute approximate surface area is 189 Å². The number of amides is 2. The van der Waals surface area contributed by atoms with Gasteiger partial charge in [0.05, 0.1) is 34.6 Å². The Morgan fingerprint density at radius 2 is 1.27 bits per heavy atom. The third kappa shape index (κ3) is 3.61. The van der Waals surface area contributed by atoms with Crippen molar-refractivity contribution < 1.29 is 19.8 Å². The number of benzene rings is 1. The van der Waals surface area contributed by atoms with E-state index in [9.17, 15) is 25.1 Å². The molecule has 0 aliphatic carbocycles. The molecule has 1 aromatic rings. The van der Waals surface area contributed by atoms with Crippen molar-refractivity contribution in [1.82, 2.24) is 9.80 Å². The number of aromatic hydroxyl groups is 2. The van der Waals surface area contributed by atoms with Crippen LogP contribution in [0.5, 0.6) is 11.5 Å². The average Bonchev–Trinajstić information content (AvgIpc) is 3.33. The molecule has 3 rings (SSSR count). The van der Waals surface area contributed by atoms with Crippen LogP contribution in [0, 0.1) is 17.9 Å². The van der Waals surface area contributed by atoms with E-state index in [-0.39, 0.29) is 22.8 Å². The summed E-state index contributed by atoms with van der Waals surface area (Å²) in [7, 11) is 6.15. The smallest absolute Gasteiger partial charge is 0.270 e. The zero-order chi connectivity index (χ0) is 22.3. The molecular weight excluding hydrogens is 464 g/mol. The van der Waals surface area contributed by atoms with Gasteiger partial charge in [-0.2, -0.15) is 5.26 Å². The molecule has 0 fully saturated rings. The SMILES string of the molecule is [C-]#[N+]C(C(=O)N(C)C)=C1Sc2c(O)c3c(c(O)c2S1)SC(=C(C#N)C(=O)N(C)C)S3. The van der Waals surface area contributed by atoms with E-state index in [0.717, 1.165) is 47.0 Å². The second-order valence-electron chi connectivity index (χ2n) is 6.34. The van der Waals surface area contributed by atoms with E-state index >= 15 is 0 Å². The molecule has 0 aromatic heterocycles. The molecule has 0 spiro atoms. The average molecular weight is 479 g/mol. The zero-order valence-electron chi connectivity index (χ0n) is 16.1. The lowest BCUT2D eigenvalue weighted by molar-refractivity contribution is -0.125. The number of likely N-dealkylation sites (N-methyl/N-ethyl adjacent to an activating group) is 2. The lowest BCUT2D eigenvalue weighted by Gasteiger charge is -2.10. The highest BCUT2D eigenvalue weighted by atomic mass is 32.2. The number of nitrogens with zero attached hydrogens (tertiary/aromatic N) is 4. The number of carbonyl (C=O) groups excluding carboxylic acids is 2. The molecular formula is C18H14N4O4S4. The van der Waals surface area contributed by atoms with Crippen LogP contribution in [0.25, 0.3) is 4.85 Å². The number of carbonyl (C=O) groups is 2. The van der Waals surface area contributed by atoms with Gasteiger partial charge in [-0.3, -0.25) is 9.59 Å². The predicted octanol–water partition coefficient (Wildman–Crippen LogP) is 3.49. The van der Waals surface area contributed by atoms with Crippen LogP contribution in [0.4, 0.5) is 0 Å². The molecule has 2 heterocycles. The van der Waals surface area contributed by atoms with Gasteiger partial charge in [-0.1, -0.05) is 47.0 Å². The summed E-state index contributed by atoms with van der Waals surface area (Å²) in [5, 5.41) is 31.1. The first-order valence-corrected chi connectivity index (χ1v) is 11.4. The summed E-state index contributed by atoms with van der Waals surface area (Å²) < 4.78 is 0.745. The van der Waals surface area contributed by atoms with E-state index in [1.807, 2.05) is 6.07 Å². The summed E-state index contributed by atoms with van der Waals surface area (Å²) in [5.74, 6) is -1.16. The van der Waals surface area contributed by atoms with Crippen molar-refractivity contribution in [2.75, 3.05) is 28.2 Å². The maximum Gasteiger partial charge on any atom is 0.270 e. The normalized spacial score (nSPS) is 13.8. The Bertz CT molecular complexity index is 1010. The molecule has 0 radical (unpaired) electrons. The Morgan fingerprint density at radius 1 is 0.867 bits per heavy atom. The molecule has 30 heavy (non-hydrogen) atoms. The molecule has 0 unspecified atom stereocenters. The van der Waals surface area contributed by atoms with E-state index in [2.05, 4.69) is 4.85 Å². The number of thioether (sulfide) groups is 4. The largest absolute Gasteiger partial charge is 0.505 e. The third-order valence-corrected chi connectivity index (χ3v) is 9.10. The van der Waals surface area contributed by atoms with E-state index in [4.69, 9.17) is 6.57 Å². The van der Waals surface area contributed by atoms with Crippen molar-refractivity contribution in [3.63, 3.8) is 0 Å². The Hall–Kier alpha value is -2.38. The van der Waals surface area contributed by atoms with E-state index in [1.165, 1.54) is 38.0 Å². The van der Waals surface area contributed by atoms with Crippen molar-refractivity contribution in [3.8, 4) is 17.6 Å². The van der Waals surface area contributed by atoms with Crippen LogP contribution in [0.2, 0.25) is 0 Å². The molecule has 154 valence electrons. The van der Waals surface area contributed by atoms with Gasteiger partial charge < -0.3 is 20.0 Å². The van der Waals surface area contributed by atoms with Crippen LogP contribution in [0.15, 0.2) is 39.3 Å². The van der Waals surface area contributed by atoms with Gasteiger partial charge in [-0.15, -0.1) is 0 Å². The second-order valence-corrected chi connectivity index (χ2v) is 10.9. The molecule has 2 aliphatic heterocycles. The molecule has 2 amide bonds. The lowest BCUT2D eigenvalue weighted by atomic mass is 10.3. The summed E-state index contributed by atoms with van der Waals surface area (Å²) >= 11 is 4.15. The summed E-state index contributed by atoms with van der Waals surface area (Å²) in [6, 6.07) is 1.90. The Morgan fingerprint density at radius 3 is 1.60 bits per heavy atom. The van der Waals surface area contributed by atoms with Crippen LogP contribution in [0.1, 0.15) is 0 Å². The number of fused-ring (bicyclic) bond motifs is 2. The van der Waals surface area contributed by atoms with Gasteiger partial charge >= 0.3 is 0 Å². The Balaban J connectivity index is 2.08. The van der Waals surface area contributed by atoms with Crippen molar-refractivity contribution in [2.45, 2.75) is 19.6 Å². The van der Waals surface area contributed by atoms with Crippen molar-refractivity contribution in [3.05, 3.63) is 31.2 Å². The molecule has 0 saturated carbocycles. The highest BCUT2D eigenvalue weighted by Gasteiger charge is 2.38. The molecule has 2 aliphatic rings. The van der Waals surface area contributed by atoms with Gasteiger partial charge in [0, 0.05) is 28.2 Å². The first kappa shape index (κ1) is 22.3. The summed E-state index contributed by atoms with van der Waals surface area (Å²) in [6.45, 7) is 7.35. The fourth-order valence-electron chi connectivity index (χ4n) is 2.42. The number of hydrogen-bond donors (Lipinski definition) is 2. The van der Waals surface area contributed by atoms with Crippen molar-refractivity contribution in [1.29, 1.82) is 5.26 Å². The summed E-state index contributed by atoms with van der Waals surface area (Å²) in [5.41, 5.74) is -0.160.